The number of nitrogens with one attached hydrogen (secondary N) is 1. The van der Waals surface area contributed by atoms with Crippen molar-refractivity contribution in [1.82, 2.24) is 14.5 Å². The van der Waals surface area contributed by atoms with Gasteiger partial charge in [-0.3, -0.25) is 30.1 Å². The van der Waals surface area contributed by atoms with Crippen LogP contribution in [0.3, 0.4) is 0 Å². The van der Waals surface area contributed by atoms with Gasteiger partial charge >= 0.3 is 6.03 Å². The Bertz CT molecular complexity index is 1750. The summed E-state index contributed by atoms with van der Waals surface area (Å²) < 4.78 is 1.78. The van der Waals surface area contributed by atoms with Crippen LogP contribution in [0.4, 0.5) is 10.5 Å². The van der Waals surface area contributed by atoms with Crippen LogP contribution in [0.5, 0.6) is 0 Å². The molecule has 0 radical (unpaired) electrons. The van der Waals surface area contributed by atoms with E-state index in [0.717, 1.165) is 11.1 Å². The van der Waals surface area contributed by atoms with Gasteiger partial charge in [0.2, 0.25) is 16.1 Å². The number of nitrogens with zero attached hydrogens (tertiary/aromatic N) is 5. The molecule has 3 aromatic carbocycles. The van der Waals surface area contributed by atoms with E-state index in [1.54, 1.807) is 42.1 Å². The minimum atomic E-state index is -1.25. The van der Waals surface area contributed by atoms with Gasteiger partial charge in [-0.05, 0) is 23.8 Å². The van der Waals surface area contributed by atoms with Gasteiger partial charge in [0, 0.05) is 37.4 Å². The number of hydrogen-bond acceptors (Lipinski definition) is 7. The predicted molar refractivity (Wildman–Crippen MR) is 143 cm³/mol. The number of benzene rings is 3. The summed E-state index contributed by atoms with van der Waals surface area (Å²) in [4.78, 5) is 46.6. The van der Waals surface area contributed by atoms with Crippen LogP contribution in [0.1, 0.15) is 16.7 Å². The highest BCUT2D eigenvalue weighted by Gasteiger charge is 2.69. The molecule has 0 unspecified atom stereocenters. The fraction of sp³-hybridized carbons (Fsp3) is 0.148. The van der Waals surface area contributed by atoms with E-state index in [1.807, 2.05) is 60.7 Å². The summed E-state index contributed by atoms with van der Waals surface area (Å²) in [6, 6.07) is 24.8. The summed E-state index contributed by atoms with van der Waals surface area (Å²) in [5.41, 5.74) is 2.76. The van der Waals surface area contributed by atoms with E-state index in [4.69, 9.17) is 4.99 Å². The number of thiazole rings is 1. The summed E-state index contributed by atoms with van der Waals surface area (Å²) in [5, 5.41) is 11.0. The molecule has 1 aromatic heterocycles. The number of hydrogen-bond donors (Lipinski definition) is 1. The Labute approximate surface area is 220 Å². The lowest BCUT2D eigenvalue weighted by Crippen LogP contribution is -2.67. The number of rotatable bonds is 4. The molecular formula is C27H22N6O4S. The first kappa shape index (κ1) is 23.6. The van der Waals surface area contributed by atoms with Gasteiger partial charge < -0.3 is 0 Å². The number of carbonyl (C=O) groups is 1. The number of nitro benzene ring substituents is 1. The number of non-ortho nitro benzene ring substituents is 1. The predicted octanol–water partition coefficient (Wildman–Crippen LogP) is 2.53. The van der Waals surface area contributed by atoms with Crippen LogP contribution >= 0.6 is 11.3 Å². The molecule has 10 nitrogen and oxygen atoms in total. The topological polar surface area (TPSA) is 113 Å². The molecule has 2 atom stereocenters. The van der Waals surface area contributed by atoms with Crippen molar-refractivity contribution < 1.29 is 9.72 Å². The van der Waals surface area contributed by atoms with Crippen molar-refractivity contribution >= 4 is 29.1 Å². The summed E-state index contributed by atoms with van der Waals surface area (Å²) in [6.07, 6.45) is 1.68. The van der Waals surface area contributed by atoms with Gasteiger partial charge in [-0.15, -0.1) is 0 Å². The second kappa shape index (κ2) is 8.38. The standard InChI is InChI=1S/C27H22N6O4S/c1-30-25(35)31(2)27(20-11-7-4-8-12-20)26(30,19-9-5-3-6-10-19)28-24-32(29-27)23(34)22(38-24)17-18-13-15-21(16-14-18)33(36)37/h3-17,29H,1-2H3/b22-17-/t26-,27+/m0/s1. The third-order valence-electron chi connectivity index (χ3n) is 7.17. The molecule has 11 heteroatoms. The van der Waals surface area contributed by atoms with Gasteiger partial charge in [0.1, 0.15) is 0 Å². The summed E-state index contributed by atoms with van der Waals surface area (Å²) in [7, 11) is 3.42. The lowest BCUT2D eigenvalue weighted by molar-refractivity contribution is -0.384. The molecule has 190 valence electrons. The first-order valence-electron chi connectivity index (χ1n) is 11.8. The number of fused-ring (bicyclic) bond motifs is 2. The SMILES string of the molecule is CN1C(=O)N(C)[C@]2(c3ccccc3)N=c3s/c(=C\c4ccc([N+](=O)[O-])cc4)c(=O)n3N[C@]12c1ccccc1. The number of amides is 2. The molecule has 0 spiro atoms. The second-order valence-corrected chi connectivity index (χ2v) is 10.1. The molecule has 0 saturated carbocycles. The van der Waals surface area contributed by atoms with Crippen LogP contribution in [0.2, 0.25) is 0 Å². The molecule has 3 heterocycles. The van der Waals surface area contributed by atoms with Crippen molar-refractivity contribution in [1.29, 1.82) is 0 Å². The highest BCUT2D eigenvalue weighted by Crippen LogP contribution is 2.53. The fourth-order valence-electron chi connectivity index (χ4n) is 5.36. The Balaban J connectivity index is 1.65. The molecular weight excluding hydrogens is 504 g/mol. The summed E-state index contributed by atoms with van der Waals surface area (Å²) in [5.74, 6) is 0. The van der Waals surface area contributed by atoms with E-state index >= 15 is 0 Å². The zero-order chi connectivity index (χ0) is 26.7. The monoisotopic (exact) mass is 526 g/mol. The van der Waals surface area contributed by atoms with Crippen LogP contribution in [-0.4, -0.2) is 39.5 Å². The van der Waals surface area contributed by atoms with Crippen molar-refractivity contribution in [3.05, 3.63) is 131 Å². The molecule has 6 rings (SSSR count). The average Bonchev–Trinajstić information content (AvgIpc) is 3.33. The summed E-state index contributed by atoms with van der Waals surface area (Å²) in [6.45, 7) is 0. The smallest absolute Gasteiger partial charge is 0.295 e. The van der Waals surface area contributed by atoms with Crippen LogP contribution in [0.25, 0.3) is 6.08 Å². The third kappa shape index (κ3) is 3.08. The maximum atomic E-state index is 13.7. The molecule has 0 aliphatic carbocycles. The van der Waals surface area contributed by atoms with E-state index in [-0.39, 0.29) is 17.3 Å². The van der Waals surface area contributed by atoms with Crippen molar-refractivity contribution in [2.45, 2.75) is 11.3 Å². The second-order valence-electron chi connectivity index (χ2n) is 9.12. The van der Waals surface area contributed by atoms with Crippen LogP contribution in [0, 0.1) is 10.1 Å². The van der Waals surface area contributed by atoms with E-state index in [1.165, 1.54) is 28.1 Å². The molecule has 1 saturated heterocycles. The minimum Gasteiger partial charge on any atom is -0.295 e. The fourth-order valence-corrected chi connectivity index (χ4v) is 6.33. The Morgan fingerprint density at radius 3 is 2.11 bits per heavy atom. The molecule has 2 amide bonds. The number of nitro groups is 1. The lowest BCUT2D eigenvalue weighted by Gasteiger charge is -2.49. The van der Waals surface area contributed by atoms with Gasteiger partial charge in [-0.1, -0.05) is 72.0 Å². The van der Waals surface area contributed by atoms with E-state index < -0.39 is 16.2 Å². The minimum absolute atomic E-state index is 0.0285. The van der Waals surface area contributed by atoms with Crippen LogP contribution < -0.4 is 20.3 Å². The van der Waals surface area contributed by atoms with Crippen LogP contribution in [-0.2, 0) is 11.3 Å². The zero-order valence-electron chi connectivity index (χ0n) is 20.4. The Hall–Kier alpha value is -4.77. The van der Waals surface area contributed by atoms with E-state index in [9.17, 15) is 19.7 Å². The Morgan fingerprint density at radius 2 is 1.50 bits per heavy atom. The van der Waals surface area contributed by atoms with Crippen molar-refractivity contribution in [3.63, 3.8) is 0 Å². The Morgan fingerprint density at radius 1 is 0.895 bits per heavy atom. The van der Waals surface area contributed by atoms with E-state index in [2.05, 4.69) is 5.43 Å². The quantitative estimate of drug-likeness (QED) is 0.324. The normalized spacial score (nSPS) is 22.5. The van der Waals surface area contributed by atoms with Gasteiger partial charge in [0.25, 0.3) is 11.2 Å². The largest absolute Gasteiger partial charge is 0.324 e. The molecule has 4 aromatic rings. The van der Waals surface area contributed by atoms with Gasteiger partial charge in [-0.2, -0.15) is 4.68 Å². The first-order valence-corrected chi connectivity index (χ1v) is 12.6. The number of carbonyl (C=O) groups excluding carboxylic acids is 1. The first-order chi connectivity index (χ1) is 18.3. The highest BCUT2D eigenvalue weighted by atomic mass is 32.1. The van der Waals surface area contributed by atoms with Crippen molar-refractivity contribution in [3.8, 4) is 0 Å². The molecule has 1 fully saturated rings. The zero-order valence-corrected chi connectivity index (χ0v) is 21.3. The number of aromatic nitrogens is 1. The third-order valence-corrected chi connectivity index (χ3v) is 8.14. The maximum absolute atomic E-state index is 13.7. The van der Waals surface area contributed by atoms with Crippen LogP contribution in [0.15, 0.2) is 94.7 Å². The molecule has 2 aliphatic rings. The molecule has 2 aliphatic heterocycles. The lowest BCUT2D eigenvalue weighted by atomic mass is 9.80. The maximum Gasteiger partial charge on any atom is 0.324 e. The Kier molecular flexibility index (Phi) is 5.21. The van der Waals surface area contributed by atoms with Gasteiger partial charge in [0.05, 0.1) is 9.46 Å². The molecule has 1 N–H and O–H groups in total. The number of urea groups is 1. The van der Waals surface area contributed by atoms with Crippen molar-refractivity contribution in [2.75, 3.05) is 19.5 Å². The van der Waals surface area contributed by atoms with Gasteiger partial charge in [-0.25, -0.2) is 9.79 Å². The van der Waals surface area contributed by atoms with Gasteiger partial charge in [0.15, 0.2) is 0 Å². The average molecular weight is 527 g/mol. The molecule has 38 heavy (non-hydrogen) atoms. The van der Waals surface area contributed by atoms with Crippen molar-refractivity contribution in [2.24, 2.45) is 4.99 Å². The summed E-state index contributed by atoms with van der Waals surface area (Å²) >= 11 is 1.18. The highest BCUT2D eigenvalue weighted by molar-refractivity contribution is 7.07. The number of likely N-dealkylation sites (N-methyl/N-ethyl adjacent to an activating group) is 2. The van der Waals surface area contributed by atoms with E-state index in [0.29, 0.717) is 14.9 Å². The molecule has 0 bridgehead atoms.